The summed E-state index contributed by atoms with van der Waals surface area (Å²) in [5.41, 5.74) is 1.71. The van der Waals surface area contributed by atoms with Crippen LogP contribution in [0.3, 0.4) is 0 Å². The summed E-state index contributed by atoms with van der Waals surface area (Å²) >= 11 is 0. The predicted octanol–water partition coefficient (Wildman–Crippen LogP) is 13.2. The molecule has 2 aliphatic rings. The maximum atomic E-state index is 15.5. The van der Waals surface area contributed by atoms with Gasteiger partial charge in [0, 0.05) is 11.1 Å². The van der Waals surface area contributed by atoms with Crippen LogP contribution in [0.5, 0.6) is 5.75 Å². The van der Waals surface area contributed by atoms with Gasteiger partial charge in [0.15, 0.2) is 23.2 Å². The largest absolute Gasteiger partial charge is 0.490 e. The first-order chi connectivity index (χ1) is 22.4. The maximum absolute atomic E-state index is 15.5. The van der Waals surface area contributed by atoms with Crippen LogP contribution in [0.1, 0.15) is 128 Å². The second kappa shape index (κ2) is 16.8. The fourth-order valence-electron chi connectivity index (χ4n) is 8.04. The highest BCUT2D eigenvalue weighted by molar-refractivity contribution is 5.72. The number of unbranched alkanes of at least 4 members (excludes halogenated alkanes) is 5. The summed E-state index contributed by atoms with van der Waals surface area (Å²) in [5, 5.41) is 0. The monoisotopic (exact) mass is 636 g/mol. The Bertz CT molecular complexity index is 1380. The molecular formula is C41H52F4O. The van der Waals surface area contributed by atoms with E-state index in [2.05, 4.69) is 13.8 Å². The van der Waals surface area contributed by atoms with Gasteiger partial charge in [0.05, 0.1) is 6.61 Å². The van der Waals surface area contributed by atoms with Crippen LogP contribution >= 0.6 is 0 Å². The molecule has 2 fully saturated rings. The molecule has 5 heteroatoms. The zero-order chi connectivity index (χ0) is 32.5. The minimum Gasteiger partial charge on any atom is -0.490 e. The van der Waals surface area contributed by atoms with E-state index >= 15 is 8.78 Å². The minimum atomic E-state index is -1.01. The van der Waals surface area contributed by atoms with Gasteiger partial charge in [0.25, 0.3) is 0 Å². The van der Waals surface area contributed by atoms with Crippen LogP contribution < -0.4 is 4.74 Å². The van der Waals surface area contributed by atoms with Gasteiger partial charge in [-0.15, -0.1) is 0 Å². The van der Waals surface area contributed by atoms with Crippen molar-refractivity contribution in [2.24, 2.45) is 17.8 Å². The molecule has 46 heavy (non-hydrogen) atoms. The number of benzene rings is 3. The molecule has 250 valence electrons. The standard InChI is InChI=1S/C41H52F4O/c1-3-5-7-9-27-46-37-26-25-36(40(44)41(37)45)33-21-19-32(20-22-33)35-24-23-34(38(42)39(35)43)31-17-15-30(16-18-31)29-13-11-28(12-14-29)10-8-6-4-2/h19-26,28-31H,3-18,27H2,1-2H3. The molecule has 2 saturated carbocycles. The van der Waals surface area contributed by atoms with E-state index in [-0.39, 0.29) is 22.8 Å². The zero-order valence-electron chi connectivity index (χ0n) is 27.9. The summed E-state index contributed by atoms with van der Waals surface area (Å²) in [6.07, 6.45) is 18.8. The van der Waals surface area contributed by atoms with Gasteiger partial charge in [0.2, 0.25) is 5.82 Å². The summed E-state index contributed by atoms with van der Waals surface area (Å²) in [4.78, 5) is 0. The average molecular weight is 637 g/mol. The second-order valence-corrected chi connectivity index (χ2v) is 13.9. The first kappa shape index (κ1) is 34.5. The molecule has 0 amide bonds. The SMILES string of the molecule is CCCCCCOc1ccc(-c2ccc(-c3ccc(C4CCC(C5CCC(CCCCC)CC5)CC4)c(F)c3F)cc2)c(F)c1F. The molecule has 0 spiro atoms. The van der Waals surface area contributed by atoms with Gasteiger partial charge in [-0.05, 0) is 97.4 Å². The van der Waals surface area contributed by atoms with E-state index in [0.29, 0.717) is 23.3 Å². The van der Waals surface area contributed by atoms with Crippen LogP contribution in [-0.2, 0) is 0 Å². The molecule has 0 N–H and O–H groups in total. The Morgan fingerprint density at radius 3 is 1.70 bits per heavy atom. The summed E-state index contributed by atoms with van der Waals surface area (Å²) in [6.45, 7) is 4.72. The van der Waals surface area contributed by atoms with Gasteiger partial charge in [-0.2, -0.15) is 4.39 Å². The van der Waals surface area contributed by atoms with E-state index in [1.165, 1.54) is 63.5 Å². The summed E-state index contributed by atoms with van der Waals surface area (Å²) in [6, 6.07) is 12.9. The Balaban J connectivity index is 1.18. The van der Waals surface area contributed by atoms with Gasteiger partial charge in [0.1, 0.15) is 0 Å². The van der Waals surface area contributed by atoms with Crippen molar-refractivity contribution in [1.82, 2.24) is 0 Å². The lowest BCUT2D eigenvalue weighted by Crippen LogP contribution is -2.25. The van der Waals surface area contributed by atoms with Gasteiger partial charge in [-0.3, -0.25) is 0 Å². The van der Waals surface area contributed by atoms with Crippen molar-refractivity contribution < 1.29 is 22.3 Å². The Kier molecular flexibility index (Phi) is 12.6. The normalized spacial score (nSPS) is 21.8. The molecule has 0 atom stereocenters. The third-order valence-electron chi connectivity index (χ3n) is 10.9. The number of hydrogen-bond donors (Lipinski definition) is 0. The average Bonchev–Trinajstić information content (AvgIpc) is 3.08. The van der Waals surface area contributed by atoms with E-state index < -0.39 is 23.3 Å². The quantitative estimate of drug-likeness (QED) is 0.126. The van der Waals surface area contributed by atoms with E-state index in [4.69, 9.17) is 4.74 Å². The summed E-state index contributed by atoms with van der Waals surface area (Å²) in [7, 11) is 0. The molecule has 0 unspecified atom stereocenters. The Morgan fingerprint density at radius 2 is 1.09 bits per heavy atom. The third kappa shape index (κ3) is 8.36. The maximum Gasteiger partial charge on any atom is 0.201 e. The van der Waals surface area contributed by atoms with Crippen LogP contribution in [0.25, 0.3) is 22.3 Å². The highest BCUT2D eigenvalue weighted by Crippen LogP contribution is 2.45. The van der Waals surface area contributed by atoms with E-state index in [1.54, 1.807) is 36.4 Å². The predicted molar refractivity (Wildman–Crippen MR) is 181 cm³/mol. The van der Waals surface area contributed by atoms with Crippen LogP contribution in [-0.4, -0.2) is 6.61 Å². The molecule has 0 radical (unpaired) electrons. The lowest BCUT2D eigenvalue weighted by molar-refractivity contribution is 0.155. The molecule has 3 aromatic rings. The molecular weight excluding hydrogens is 584 g/mol. The highest BCUT2D eigenvalue weighted by atomic mass is 19.2. The van der Waals surface area contributed by atoms with Crippen LogP contribution in [0.4, 0.5) is 17.6 Å². The van der Waals surface area contributed by atoms with E-state index in [9.17, 15) is 8.78 Å². The fourth-order valence-corrected chi connectivity index (χ4v) is 8.04. The van der Waals surface area contributed by atoms with Crippen LogP contribution in [0.15, 0.2) is 48.5 Å². The third-order valence-corrected chi connectivity index (χ3v) is 10.9. The summed E-state index contributed by atoms with van der Waals surface area (Å²) < 4.78 is 66.2. The zero-order valence-corrected chi connectivity index (χ0v) is 27.9. The molecule has 0 saturated heterocycles. The van der Waals surface area contributed by atoms with Crippen molar-refractivity contribution in [3.63, 3.8) is 0 Å². The van der Waals surface area contributed by atoms with E-state index in [1.807, 2.05) is 0 Å². The first-order valence-corrected chi connectivity index (χ1v) is 18.1. The topological polar surface area (TPSA) is 9.23 Å². The Hall–Kier alpha value is -2.82. The molecule has 0 aromatic heterocycles. The Labute approximate surface area is 274 Å². The van der Waals surface area contributed by atoms with Crippen LogP contribution in [0.2, 0.25) is 0 Å². The number of ether oxygens (including phenoxy) is 1. The molecule has 2 aliphatic carbocycles. The van der Waals surface area contributed by atoms with Crippen LogP contribution in [0, 0.1) is 41.0 Å². The lowest BCUT2D eigenvalue weighted by Gasteiger charge is -2.38. The van der Waals surface area contributed by atoms with Gasteiger partial charge >= 0.3 is 0 Å². The number of rotatable bonds is 14. The molecule has 3 aromatic carbocycles. The second-order valence-electron chi connectivity index (χ2n) is 13.9. The molecule has 0 bridgehead atoms. The van der Waals surface area contributed by atoms with E-state index in [0.717, 1.165) is 69.1 Å². The minimum absolute atomic E-state index is 0.0497. The summed E-state index contributed by atoms with van der Waals surface area (Å²) in [5.74, 6) is -1.21. The first-order valence-electron chi connectivity index (χ1n) is 18.1. The number of halogens is 4. The van der Waals surface area contributed by atoms with Gasteiger partial charge in [-0.1, -0.05) is 108 Å². The highest BCUT2D eigenvalue weighted by Gasteiger charge is 2.32. The molecule has 5 rings (SSSR count). The van der Waals surface area contributed by atoms with Gasteiger partial charge < -0.3 is 4.74 Å². The van der Waals surface area contributed by atoms with Gasteiger partial charge in [-0.25, -0.2) is 13.2 Å². The lowest BCUT2D eigenvalue weighted by atomic mass is 9.68. The van der Waals surface area contributed by atoms with Crippen molar-refractivity contribution in [2.75, 3.05) is 6.61 Å². The van der Waals surface area contributed by atoms with Crippen molar-refractivity contribution in [3.8, 4) is 28.0 Å². The molecule has 0 heterocycles. The molecule has 1 nitrogen and oxygen atoms in total. The fraction of sp³-hybridized carbons (Fsp3) is 0.561. The smallest absolute Gasteiger partial charge is 0.201 e. The Morgan fingerprint density at radius 1 is 0.543 bits per heavy atom. The van der Waals surface area contributed by atoms with Crippen molar-refractivity contribution in [2.45, 2.75) is 122 Å². The van der Waals surface area contributed by atoms with Crippen molar-refractivity contribution in [1.29, 1.82) is 0 Å². The van der Waals surface area contributed by atoms with Crippen molar-refractivity contribution >= 4 is 0 Å². The molecule has 0 aliphatic heterocycles. The number of hydrogen-bond acceptors (Lipinski definition) is 1. The van der Waals surface area contributed by atoms with Crippen molar-refractivity contribution in [3.05, 3.63) is 77.4 Å².